The molecule has 1 aliphatic carbocycles. The first-order valence-electron chi connectivity index (χ1n) is 7.01. The van der Waals surface area contributed by atoms with E-state index >= 15 is 0 Å². The van der Waals surface area contributed by atoms with E-state index in [1.54, 1.807) is 0 Å². The maximum Gasteiger partial charge on any atom is 0.128 e. The van der Waals surface area contributed by atoms with E-state index in [0.29, 0.717) is 5.56 Å². The highest BCUT2D eigenvalue weighted by molar-refractivity contribution is 6.30. The third-order valence-corrected chi connectivity index (χ3v) is 4.25. The molecule has 1 aliphatic rings. The van der Waals surface area contributed by atoms with Gasteiger partial charge in [0.15, 0.2) is 0 Å². The second-order valence-corrected chi connectivity index (χ2v) is 6.01. The maximum absolute atomic E-state index is 13.8. The Morgan fingerprint density at radius 1 is 1.10 bits per heavy atom. The van der Waals surface area contributed by atoms with Gasteiger partial charge in [-0.15, -0.1) is 0 Å². The molecule has 0 spiro atoms. The Morgan fingerprint density at radius 2 is 1.86 bits per heavy atom. The van der Waals surface area contributed by atoms with Gasteiger partial charge in [-0.25, -0.2) is 8.78 Å². The summed E-state index contributed by atoms with van der Waals surface area (Å²) in [4.78, 5) is 0. The smallest absolute Gasteiger partial charge is 0.128 e. The number of hydrogen-bond donors (Lipinski definition) is 1. The summed E-state index contributed by atoms with van der Waals surface area (Å²) in [6, 6.07) is 9.44. The van der Waals surface area contributed by atoms with Crippen molar-refractivity contribution in [1.29, 1.82) is 0 Å². The molecule has 0 saturated heterocycles. The van der Waals surface area contributed by atoms with Gasteiger partial charge in [0.2, 0.25) is 0 Å². The molecule has 2 atom stereocenters. The third-order valence-electron chi connectivity index (χ3n) is 4.01. The van der Waals surface area contributed by atoms with E-state index in [4.69, 9.17) is 11.6 Å². The highest BCUT2D eigenvalue weighted by atomic mass is 35.5. The zero-order valence-electron chi connectivity index (χ0n) is 11.7. The first-order chi connectivity index (χ1) is 10.0. The molecule has 2 unspecified atom stereocenters. The minimum absolute atomic E-state index is 0.219. The maximum atomic E-state index is 13.8. The number of nitrogens with one attached hydrogen (secondary N) is 1. The van der Waals surface area contributed by atoms with Crippen molar-refractivity contribution < 1.29 is 8.78 Å². The van der Waals surface area contributed by atoms with Crippen LogP contribution in [-0.2, 0) is 12.8 Å². The zero-order valence-corrected chi connectivity index (χ0v) is 12.4. The Kier molecular flexibility index (Phi) is 3.96. The van der Waals surface area contributed by atoms with Gasteiger partial charge < -0.3 is 5.32 Å². The fourth-order valence-electron chi connectivity index (χ4n) is 2.99. The molecule has 21 heavy (non-hydrogen) atoms. The summed E-state index contributed by atoms with van der Waals surface area (Å²) in [5.41, 5.74) is 2.86. The number of benzene rings is 2. The lowest BCUT2D eigenvalue weighted by Gasteiger charge is -2.20. The summed E-state index contributed by atoms with van der Waals surface area (Å²) in [6.45, 7) is 1.85. The van der Waals surface area contributed by atoms with Crippen LogP contribution >= 0.6 is 11.6 Å². The van der Waals surface area contributed by atoms with Crippen LogP contribution in [0.1, 0.15) is 29.7 Å². The predicted octanol–water partition coefficient (Wildman–Crippen LogP) is 4.44. The molecule has 0 heterocycles. The zero-order chi connectivity index (χ0) is 15.0. The summed E-state index contributed by atoms with van der Waals surface area (Å²) in [7, 11) is 0. The number of rotatable bonds is 3. The molecule has 2 aromatic carbocycles. The van der Waals surface area contributed by atoms with E-state index in [9.17, 15) is 8.78 Å². The van der Waals surface area contributed by atoms with Crippen LogP contribution in [0.2, 0.25) is 5.02 Å². The van der Waals surface area contributed by atoms with E-state index in [-0.39, 0.29) is 17.9 Å². The molecule has 0 amide bonds. The Morgan fingerprint density at radius 3 is 2.67 bits per heavy atom. The number of halogens is 3. The van der Waals surface area contributed by atoms with Gasteiger partial charge in [0.05, 0.1) is 0 Å². The summed E-state index contributed by atoms with van der Waals surface area (Å²) in [6.07, 6.45) is 1.74. The molecule has 1 N–H and O–H groups in total. The van der Waals surface area contributed by atoms with Crippen molar-refractivity contribution in [3.63, 3.8) is 0 Å². The van der Waals surface area contributed by atoms with Crippen molar-refractivity contribution in [2.75, 3.05) is 0 Å². The van der Waals surface area contributed by atoms with E-state index < -0.39 is 5.82 Å². The molecule has 0 saturated carbocycles. The van der Waals surface area contributed by atoms with Gasteiger partial charge in [-0.2, -0.15) is 0 Å². The average molecular weight is 308 g/mol. The topological polar surface area (TPSA) is 12.0 Å². The van der Waals surface area contributed by atoms with E-state index in [1.165, 1.54) is 23.3 Å². The lowest BCUT2D eigenvalue weighted by molar-refractivity contribution is 0.449. The van der Waals surface area contributed by atoms with E-state index in [1.807, 2.05) is 25.1 Å². The Labute approximate surface area is 127 Å². The van der Waals surface area contributed by atoms with Crippen LogP contribution < -0.4 is 5.32 Å². The minimum Gasteiger partial charge on any atom is -0.307 e. The normalized spacial score (nSPS) is 18.6. The molecule has 0 aromatic heterocycles. The summed E-state index contributed by atoms with van der Waals surface area (Å²) < 4.78 is 27.1. The summed E-state index contributed by atoms with van der Waals surface area (Å²) >= 11 is 6.00. The Balaban J connectivity index is 1.72. The summed E-state index contributed by atoms with van der Waals surface area (Å²) in [5, 5.41) is 4.11. The molecule has 4 heteroatoms. The van der Waals surface area contributed by atoms with Crippen LogP contribution in [-0.4, -0.2) is 6.04 Å². The number of hydrogen-bond acceptors (Lipinski definition) is 1. The predicted molar refractivity (Wildman–Crippen MR) is 80.6 cm³/mol. The molecule has 2 aromatic rings. The van der Waals surface area contributed by atoms with E-state index in [0.717, 1.165) is 23.9 Å². The molecule has 0 fully saturated rings. The van der Waals surface area contributed by atoms with Crippen LogP contribution in [0.15, 0.2) is 36.4 Å². The average Bonchev–Trinajstić information content (AvgIpc) is 2.82. The molecule has 110 valence electrons. The standard InChI is InChI=1S/C17H16ClF2N/c1-10(16-9-14(19)4-5-17(16)20)21-15-7-11-2-3-13(18)6-12(11)8-15/h2-6,9-10,15,21H,7-8H2,1H3. The SMILES string of the molecule is CC(NC1Cc2ccc(Cl)cc2C1)c1cc(F)ccc1F. The monoisotopic (exact) mass is 307 g/mol. The van der Waals surface area contributed by atoms with Crippen molar-refractivity contribution in [3.05, 3.63) is 69.7 Å². The Bertz CT molecular complexity index is 672. The minimum atomic E-state index is -0.415. The molecule has 0 bridgehead atoms. The molecule has 0 radical (unpaired) electrons. The van der Waals surface area contributed by atoms with Crippen LogP contribution in [0.3, 0.4) is 0 Å². The fraction of sp³-hybridized carbons (Fsp3) is 0.294. The second-order valence-electron chi connectivity index (χ2n) is 5.57. The van der Waals surface area contributed by atoms with Crippen molar-refractivity contribution in [3.8, 4) is 0 Å². The fourth-order valence-corrected chi connectivity index (χ4v) is 3.19. The van der Waals surface area contributed by atoms with Gasteiger partial charge >= 0.3 is 0 Å². The molecule has 1 nitrogen and oxygen atoms in total. The van der Waals surface area contributed by atoms with Crippen LogP contribution in [0.5, 0.6) is 0 Å². The molecular formula is C17H16ClF2N. The Hall–Kier alpha value is -1.45. The van der Waals surface area contributed by atoms with Crippen molar-refractivity contribution in [2.24, 2.45) is 0 Å². The third kappa shape index (κ3) is 3.09. The highest BCUT2D eigenvalue weighted by Gasteiger charge is 2.24. The highest BCUT2D eigenvalue weighted by Crippen LogP contribution is 2.27. The van der Waals surface area contributed by atoms with Crippen molar-refractivity contribution >= 4 is 11.6 Å². The molecule has 0 aliphatic heterocycles. The lowest BCUT2D eigenvalue weighted by Crippen LogP contribution is -2.32. The van der Waals surface area contributed by atoms with Crippen molar-refractivity contribution in [1.82, 2.24) is 5.32 Å². The van der Waals surface area contributed by atoms with E-state index in [2.05, 4.69) is 5.32 Å². The first kappa shape index (κ1) is 14.5. The second kappa shape index (κ2) is 5.74. The summed E-state index contributed by atoms with van der Waals surface area (Å²) in [5.74, 6) is -0.795. The number of fused-ring (bicyclic) bond motifs is 1. The molecular weight excluding hydrogens is 292 g/mol. The lowest BCUT2D eigenvalue weighted by atomic mass is 10.1. The van der Waals surface area contributed by atoms with Gasteiger partial charge in [-0.3, -0.25) is 0 Å². The van der Waals surface area contributed by atoms with Gasteiger partial charge in [-0.05, 0) is 61.2 Å². The van der Waals surface area contributed by atoms with Gasteiger partial charge in [-0.1, -0.05) is 17.7 Å². The van der Waals surface area contributed by atoms with Gasteiger partial charge in [0.1, 0.15) is 11.6 Å². The van der Waals surface area contributed by atoms with Crippen LogP contribution in [0, 0.1) is 11.6 Å². The van der Waals surface area contributed by atoms with Crippen LogP contribution in [0.4, 0.5) is 8.78 Å². The van der Waals surface area contributed by atoms with Gasteiger partial charge in [0.25, 0.3) is 0 Å². The van der Waals surface area contributed by atoms with Crippen molar-refractivity contribution in [2.45, 2.75) is 31.8 Å². The van der Waals surface area contributed by atoms with Gasteiger partial charge in [0, 0.05) is 22.7 Å². The first-order valence-corrected chi connectivity index (χ1v) is 7.39. The molecule has 3 rings (SSSR count). The largest absolute Gasteiger partial charge is 0.307 e. The quantitative estimate of drug-likeness (QED) is 0.884. The van der Waals surface area contributed by atoms with Crippen LogP contribution in [0.25, 0.3) is 0 Å².